The number of aromatic nitrogens is 3. The van der Waals surface area contributed by atoms with E-state index >= 15 is 0 Å². The van der Waals surface area contributed by atoms with Gasteiger partial charge in [-0.05, 0) is 12.1 Å². The molecule has 23 heavy (non-hydrogen) atoms. The lowest BCUT2D eigenvalue weighted by Crippen LogP contribution is -2.29. The Labute approximate surface area is 138 Å². The zero-order valence-corrected chi connectivity index (χ0v) is 13.6. The highest BCUT2D eigenvalue weighted by atomic mass is 32.2. The number of amides is 1. The van der Waals surface area contributed by atoms with Gasteiger partial charge in [0.1, 0.15) is 0 Å². The van der Waals surface area contributed by atoms with Crippen LogP contribution in [0.3, 0.4) is 0 Å². The zero-order valence-electron chi connectivity index (χ0n) is 12.8. The third-order valence-electron chi connectivity index (χ3n) is 3.08. The van der Waals surface area contributed by atoms with Crippen LogP contribution in [0.4, 0.5) is 0 Å². The molecule has 2 aromatic heterocycles. The number of nitrogens with zero attached hydrogens (tertiary/aromatic N) is 5. The average molecular weight is 331 g/mol. The van der Waals surface area contributed by atoms with Gasteiger partial charge in [0.05, 0.1) is 24.5 Å². The maximum absolute atomic E-state index is 12.0. The summed E-state index contributed by atoms with van der Waals surface area (Å²) in [6.07, 6.45) is 3.63. The molecule has 0 aromatic carbocycles. The molecule has 120 valence electrons. The molecular weight excluding hydrogens is 314 g/mol. The van der Waals surface area contributed by atoms with Crippen LogP contribution in [0.2, 0.25) is 0 Å². The molecule has 0 saturated heterocycles. The van der Waals surface area contributed by atoms with E-state index in [-0.39, 0.29) is 11.7 Å². The number of hydrogen-bond donors (Lipinski definition) is 0. The molecule has 0 bridgehead atoms. The van der Waals surface area contributed by atoms with Gasteiger partial charge in [-0.3, -0.25) is 9.36 Å². The Morgan fingerprint density at radius 3 is 3.09 bits per heavy atom. The monoisotopic (exact) mass is 331 g/mol. The van der Waals surface area contributed by atoms with Crippen molar-refractivity contribution in [3.63, 3.8) is 0 Å². The number of furan rings is 1. The predicted octanol–water partition coefficient (Wildman–Crippen LogP) is 2.19. The number of allylic oxidation sites excluding steroid dienone is 1. The van der Waals surface area contributed by atoms with E-state index in [0.717, 1.165) is 0 Å². The van der Waals surface area contributed by atoms with Crippen molar-refractivity contribution in [1.29, 1.82) is 5.26 Å². The smallest absolute Gasteiger partial charge is 0.232 e. The van der Waals surface area contributed by atoms with E-state index in [4.69, 9.17) is 9.68 Å². The Hall–Kier alpha value is -2.53. The van der Waals surface area contributed by atoms with Crippen molar-refractivity contribution in [2.24, 2.45) is 0 Å². The summed E-state index contributed by atoms with van der Waals surface area (Å²) in [6, 6.07) is 5.61. The quantitative estimate of drug-likeness (QED) is 0.544. The molecule has 0 spiro atoms. The van der Waals surface area contributed by atoms with Crippen LogP contribution in [0.5, 0.6) is 0 Å². The van der Waals surface area contributed by atoms with Crippen molar-refractivity contribution < 1.29 is 9.21 Å². The van der Waals surface area contributed by atoms with E-state index in [9.17, 15) is 4.79 Å². The first-order valence-electron chi connectivity index (χ1n) is 6.99. The number of thioether (sulfide) groups is 1. The second kappa shape index (κ2) is 8.19. The minimum Gasteiger partial charge on any atom is -0.461 e. The van der Waals surface area contributed by atoms with Crippen molar-refractivity contribution in [1.82, 2.24) is 19.7 Å². The third kappa shape index (κ3) is 4.23. The Balaban J connectivity index is 2.07. The predicted molar refractivity (Wildman–Crippen MR) is 86.5 cm³/mol. The minimum atomic E-state index is -0.0575. The molecule has 0 aliphatic rings. The van der Waals surface area contributed by atoms with Crippen LogP contribution in [-0.4, -0.2) is 44.9 Å². The van der Waals surface area contributed by atoms with Crippen LogP contribution < -0.4 is 0 Å². The Bertz CT molecular complexity index is 702. The summed E-state index contributed by atoms with van der Waals surface area (Å²) in [4.78, 5) is 13.6. The van der Waals surface area contributed by atoms with Crippen LogP contribution in [-0.2, 0) is 11.3 Å². The lowest BCUT2D eigenvalue weighted by Gasteiger charge is -2.14. The summed E-state index contributed by atoms with van der Waals surface area (Å²) >= 11 is 1.30. The van der Waals surface area contributed by atoms with Gasteiger partial charge < -0.3 is 9.32 Å². The van der Waals surface area contributed by atoms with Crippen LogP contribution in [0, 0.1) is 11.3 Å². The molecule has 0 unspecified atom stereocenters. The molecule has 0 radical (unpaired) electrons. The molecule has 0 fully saturated rings. The molecule has 7 nitrogen and oxygen atoms in total. The Kier molecular flexibility index (Phi) is 6.00. The molecule has 0 atom stereocenters. The number of carbonyl (C=O) groups excluding carboxylic acids is 1. The van der Waals surface area contributed by atoms with Gasteiger partial charge in [-0.25, -0.2) is 0 Å². The van der Waals surface area contributed by atoms with E-state index in [1.165, 1.54) is 16.7 Å². The highest BCUT2D eigenvalue weighted by Gasteiger charge is 2.17. The fraction of sp³-hybridized carbons (Fsp3) is 0.333. The SMILES string of the molecule is C=CCn1c(SCC(=O)N(C)CCC#N)nnc1-c1ccco1. The van der Waals surface area contributed by atoms with Gasteiger partial charge in [0, 0.05) is 20.1 Å². The number of hydrogen-bond acceptors (Lipinski definition) is 6. The van der Waals surface area contributed by atoms with Crippen molar-refractivity contribution in [2.45, 2.75) is 18.1 Å². The Morgan fingerprint density at radius 2 is 2.43 bits per heavy atom. The fourth-order valence-corrected chi connectivity index (χ4v) is 2.74. The van der Waals surface area contributed by atoms with Gasteiger partial charge in [0.15, 0.2) is 10.9 Å². The van der Waals surface area contributed by atoms with Crippen LogP contribution >= 0.6 is 11.8 Å². The largest absolute Gasteiger partial charge is 0.461 e. The van der Waals surface area contributed by atoms with Crippen LogP contribution in [0.25, 0.3) is 11.6 Å². The number of carbonyl (C=O) groups is 1. The summed E-state index contributed by atoms with van der Waals surface area (Å²) in [7, 11) is 1.68. The normalized spacial score (nSPS) is 10.3. The summed E-state index contributed by atoms with van der Waals surface area (Å²) in [5.74, 6) is 1.39. The standard InChI is InChI=1S/C15H17N5O2S/c1-3-8-20-14(12-6-4-10-22-12)17-18-15(20)23-11-13(21)19(2)9-5-7-16/h3-4,6,10H,1,5,8-9,11H2,2H3. The Morgan fingerprint density at radius 1 is 1.61 bits per heavy atom. The highest BCUT2D eigenvalue weighted by Crippen LogP contribution is 2.24. The van der Waals surface area contributed by atoms with Crippen molar-refractivity contribution in [3.05, 3.63) is 31.1 Å². The molecule has 0 saturated carbocycles. The molecule has 2 rings (SSSR count). The lowest BCUT2D eigenvalue weighted by atomic mass is 10.4. The lowest BCUT2D eigenvalue weighted by molar-refractivity contribution is -0.127. The van der Waals surface area contributed by atoms with E-state index in [1.54, 1.807) is 31.5 Å². The molecule has 8 heteroatoms. The van der Waals surface area contributed by atoms with Gasteiger partial charge in [0.2, 0.25) is 11.7 Å². The van der Waals surface area contributed by atoms with Crippen molar-refractivity contribution >= 4 is 17.7 Å². The van der Waals surface area contributed by atoms with E-state index < -0.39 is 0 Å². The maximum Gasteiger partial charge on any atom is 0.232 e. The van der Waals surface area contributed by atoms with Crippen LogP contribution in [0.1, 0.15) is 6.42 Å². The molecule has 2 heterocycles. The summed E-state index contributed by atoms with van der Waals surface area (Å²) in [5, 5.41) is 17.4. The van der Waals surface area contributed by atoms with Crippen molar-refractivity contribution in [3.8, 4) is 17.7 Å². The third-order valence-corrected chi connectivity index (χ3v) is 4.03. The van der Waals surface area contributed by atoms with E-state index in [1.807, 2.05) is 10.6 Å². The first-order valence-corrected chi connectivity index (χ1v) is 7.97. The first-order chi connectivity index (χ1) is 11.2. The summed E-state index contributed by atoms with van der Waals surface area (Å²) in [5.41, 5.74) is 0. The summed E-state index contributed by atoms with van der Waals surface area (Å²) in [6.45, 7) is 4.68. The number of rotatable bonds is 8. The number of nitriles is 1. The second-order valence-electron chi connectivity index (χ2n) is 4.69. The average Bonchev–Trinajstić information content (AvgIpc) is 3.20. The molecule has 0 aliphatic carbocycles. The molecule has 2 aromatic rings. The van der Waals surface area contributed by atoms with Crippen molar-refractivity contribution in [2.75, 3.05) is 19.3 Å². The highest BCUT2D eigenvalue weighted by molar-refractivity contribution is 7.99. The van der Waals surface area contributed by atoms with Gasteiger partial charge in [-0.1, -0.05) is 17.8 Å². The van der Waals surface area contributed by atoms with Gasteiger partial charge in [-0.2, -0.15) is 5.26 Å². The minimum absolute atomic E-state index is 0.0575. The van der Waals surface area contributed by atoms with Crippen LogP contribution in [0.15, 0.2) is 40.6 Å². The topological polar surface area (TPSA) is 88.0 Å². The molecule has 0 N–H and O–H groups in total. The van der Waals surface area contributed by atoms with Gasteiger partial charge in [-0.15, -0.1) is 16.8 Å². The molecule has 0 aliphatic heterocycles. The zero-order chi connectivity index (χ0) is 16.7. The summed E-state index contributed by atoms with van der Waals surface area (Å²) < 4.78 is 7.20. The fourth-order valence-electron chi connectivity index (χ4n) is 1.86. The van der Waals surface area contributed by atoms with E-state index in [0.29, 0.717) is 36.3 Å². The van der Waals surface area contributed by atoms with Gasteiger partial charge in [0.25, 0.3) is 0 Å². The first kappa shape index (κ1) is 16.8. The molecule has 1 amide bonds. The maximum atomic E-state index is 12.0. The molecular formula is C15H17N5O2S. The van der Waals surface area contributed by atoms with Gasteiger partial charge >= 0.3 is 0 Å². The second-order valence-corrected chi connectivity index (χ2v) is 5.64. The van der Waals surface area contributed by atoms with E-state index in [2.05, 4.69) is 16.8 Å².